The van der Waals surface area contributed by atoms with E-state index >= 15 is 0 Å². The lowest BCUT2D eigenvalue weighted by Crippen LogP contribution is -2.23. The van der Waals surface area contributed by atoms with Gasteiger partial charge in [0, 0.05) is 48.5 Å². The molecule has 3 aromatic heterocycles. The fourth-order valence-electron chi connectivity index (χ4n) is 3.97. The van der Waals surface area contributed by atoms with Gasteiger partial charge in [0.1, 0.15) is 0 Å². The summed E-state index contributed by atoms with van der Waals surface area (Å²) in [5, 5.41) is 9.87. The molecule has 0 aliphatic carbocycles. The molecule has 3 heterocycles. The van der Waals surface area contributed by atoms with Crippen LogP contribution in [0.15, 0.2) is 65.8 Å². The maximum absolute atomic E-state index is 14.6. The predicted octanol–water partition coefficient (Wildman–Crippen LogP) is 4.18. The summed E-state index contributed by atoms with van der Waals surface area (Å²) in [7, 11) is 3.15. The molecule has 2 aromatic carbocycles. The van der Waals surface area contributed by atoms with Gasteiger partial charge in [0.25, 0.3) is 5.56 Å². The van der Waals surface area contributed by atoms with Crippen molar-refractivity contribution in [3.8, 4) is 40.3 Å². The summed E-state index contributed by atoms with van der Waals surface area (Å²) in [4.78, 5) is 27.5. The molecule has 9 heteroatoms. The van der Waals surface area contributed by atoms with Crippen LogP contribution in [0.4, 0.5) is 4.39 Å². The normalized spacial score (nSPS) is 10.9. The van der Waals surface area contributed by atoms with E-state index in [2.05, 4.69) is 16.0 Å². The molecule has 0 amide bonds. The van der Waals surface area contributed by atoms with E-state index in [4.69, 9.17) is 9.72 Å². The first-order valence-corrected chi connectivity index (χ1v) is 10.7. The van der Waals surface area contributed by atoms with Crippen LogP contribution >= 0.6 is 0 Å². The molecule has 5 rings (SSSR count). The molecular formula is C26H19FN6O2. The number of benzene rings is 2. The molecule has 0 atom stereocenters. The Kier molecular flexibility index (Phi) is 5.34. The Morgan fingerprint density at radius 1 is 1.09 bits per heavy atom. The third-order valence-electron chi connectivity index (χ3n) is 5.74. The van der Waals surface area contributed by atoms with Crippen molar-refractivity contribution in [3.63, 3.8) is 0 Å². The Hall–Kier alpha value is -4.84. The van der Waals surface area contributed by atoms with Crippen LogP contribution < -0.4 is 10.3 Å². The van der Waals surface area contributed by atoms with E-state index in [1.807, 2.05) is 19.1 Å². The lowest BCUT2D eigenvalue weighted by Gasteiger charge is -2.16. The van der Waals surface area contributed by atoms with E-state index < -0.39 is 11.4 Å². The molecule has 0 saturated carbocycles. The number of nitrogens with zero attached hydrogens (tertiary/aromatic N) is 6. The number of aromatic nitrogens is 5. The van der Waals surface area contributed by atoms with Gasteiger partial charge in [-0.25, -0.2) is 14.4 Å². The van der Waals surface area contributed by atoms with Crippen molar-refractivity contribution in [2.45, 2.75) is 6.92 Å². The minimum Gasteiger partial charge on any atom is -0.494 e. The van der Waals surface area contributed by atoms with Crippen molar-refractivity contribution in [3.05, 3.63) is 88.5 Å². The zero-order chi connectivity index (χ0) is 24.7. The second kappa shape index (κ2) is 8.50. The summed E-state index contributed by atoms with van der Waals surface area (Å²) in [6.45, 7) is 1.87. The number of methoxy groups -OCH3 is 1. The first kappa shape index (κ1) is 22.0. The molecule has 0 saturated heterocycles. The van der Waals surface area contributed by atoms with Gasteiger partial charge in [0.15, 0.2) is 23.2 Å². The molecule has 0 radical (unpaired) electrons. The molecule has 35 heavy (non-hydrogen) atoms. The third kappa shape index (κ3) is 3.71. The lowest BCUT2D eigenvalue weighted by atomic mass is 10.0. The summed E-state index contributed by atoms with van der Waals surface area (Å²) >= 11 is 0. The number of hydrogen-bond donors (Lipinski definition) is 0. The number of nitriles is 1. The van der Waals surface area contributed by atoms with Gasteiger partial charge >= 0.3 is 0 Å². The summed E-state index contributed by atoms with van der Waals surface area (Å²) in [6.07, 6.45) is 5.00. The van der Waals surface area contributed by atoms with E-state index in [1.54, 1.807) is 42.3 Å². The van der Waals surface area contributed by atoms with E-state index in [9.17, 15) is 14.4 Å². The maximum Gasteiger partial charge on any atom is 0.266 e. The highest BCUT2D eigenvalue weighted by Crippen LogP contribution is 2.30. The van der Waals surface area contributed by atoms with Crippen LogP contribution in [0.2, 0.25) is 0 Å². The van der Waals surface area contributed by atoms with Crippen molar-refractivity contribution in [1.29, 1.82) is 5.26 Å². The number of pyridine rings is 1. The molecule has 0 N–H and O–H groups in total. The van der Waals surface area contributed by atoms with Gasteiger partial charge in [-0.3, -0.25) is 14.3 Å². The molecule has 172 valence electrons. The number of ether oxygens (including phenoxy) is 1. The maximum atomic E-state index is 14.6. The van der Waals surface area contributed by atoms with E-state index in [0.717, 1.165) is 5.69 Å². The monoisotopic (exact) mass is 466 g/mol. The van der Waals surface area contributed by atoms with Gasteiger partial charge < -0.3 is 9.30 Å². The Morgan fingerprint density at radius 3 is 2.54 bits per heavy atom. The average Bonchev–Trinajstić information content (AvgIpc) is 3.29. The summed E-state index contributed by atoms with van der Waals surface area (Å²) < 4.78 is 22.7. The zero-order valence-electron chi connectivity index (χ0n) is 19.2. The molecule has 0 spiro atoms. The predicted molar refractivity (Wildman–Crippen MR) is 129 cm³/mol. The molecule has 0 unspecified atom stereocenters. The number of aryl methyl sites for hydroxylation is 2. The summed E-state index contributed by atoms with van der Waals surface area (Å²) in [5.41, 5.74) is 2.61. The molecule has 0 bridgehead atoms. The highest BCUT2D eigenvalue weighted by molar-refractivity contribution is 5.95. The molecule has 8 nitrogen and oxygen atoms in total. The van der Waals surface area contributed by atoms with E-state index in [1.165, 1.54) is 29.9 Å². The Labute approximate surface area is 199 Å². The molecular weight excluding hydrogens is 447 g/mol. The van der Waals surface area contributed by atoms with Gasteiger partial charge in [-0.2, -0.15) is 5.26 Å². The van der Waals surface area contributed by atoms with Crippen molar-refractivity contribution in [1.82, 2.24) is 24.1 Å². The van der Waals surface area contributed by atoms with Crippen LogP contribution in [-0.4, -0.2) is 31.2 Å². The van der Waals surface area contributed by atoms with Crippen molar-refractivity contribution in [2.75, 3.05) is 7.11 Å². The first-order chi connectivity index (χ1) is 16.9. The number of fused-ring (bicyclic) bond motifs is 1. The molecule has 0 fully saturated rings. The minimum absolute atomic E-state index is 0.0509. The van der Waals surface area contributed by atoms with E-state index in [-0.39, 0.29) is 22.6 Å². The van der Waals surface area contributed by atoms with E-state index in [0.29, 0.717) is 28.0 Å². The largest absolute Gasteiger partial charge is 0.494 e. The number of hydrogen-bond acceptors (Lipinski definition) is 6. The van der Waals surface area contributed by atoms with Crippen LogP contribution in [0, 0.1) is 24.1 Å². The Balaban J connectivity index is 1.92. The SMILES string of the molecule is COc1ccc(-n2c(-c3nccn3C)nc3c(-c4ccc(C)nc4)cc(C#N)cc3c2=O)cc1F. The molecule has 0 aliphatic heterocycles. The van der Waals surface area contributed by atoms with Crippen LogP contribution in [0.25, 0.3) is 39.4 Å². The van der Waals surface area contributed by atoms with Gasteiger partial charge in [0.2, 0.25) is 0 Å². The molecule has 0 aliphatic rings. The zero-order valence-corrected chi connectivity index (χ0v) is 19.2. The van der Waals surface area contributed by atoms with Gasteiger partial charge in [0.05, 0.1) is 35.3 Å². The topological polar surface area (TPSA) is 98.6 Å². The van der Waals surface area contributed by atoms with Gasteiger partial charge in [-0.05, 0) is 37.3 Å². The van der Waals surface area contributed by atoms with Crippen LogP contribution in [0.5, 0.6) is 5.75 Å². The summed E-state index contributed by atoms with van der Waals surface area (Å²) in [5.74, 6) is 0.0677. The average molecular weight is 466 g/mol. The van der Waals surface area contributed by atoms with Gasteiger partial charge in [-0.1, -0.05) is 6.07 Å². The Morgan fingerprint density at radius 2 is 1.91 bits per heavy atom. The standard InChI is InChI=1S/C26H19FN6O2/c1-15-4-5-17(14-30-15)19-10-16(13-28)11-20-23(19)31-25(24-29-8-9-32(24)2)33(26(20)34)18-6-7-22(35-3)21(27)12-18/h4-12,14H,1-3H3. The Bertz CT molecular complexity index is 1700. The summed E-state index contributed by atoms with van der Waals surface area (Å²) in [6, 6.07) is 13.2. The number of rotatable bonds is 4. The minimum atomic E-state index is -0.625. The fourth-order valence-corrected chi connectivity index (χ4v) is 3.97. The first-order valence-electron chi connectivity index (χ1n) is 10.7. The van der Waals surface area contributed by atoms with Crippen LogP contribution in [0.1, 0.15) is 11.3 Å². The van der Waals surface area contributed by atoms with Gasteiger partial charge in [-0.15, -0.1) is 0 Å². The smallest absolute Gasteiger partial charge is 0.266 e. The highest BCUT2D eigenvalue weighted by atomic mass is 19.1. The lowest BCUT2D eigenvalue weighted by molar-refractivity contribution is 0.386. The molecule has 5 aromatic rings. The quantitative estimate of drug-likeness (QED) is 0.394. The number of imidazole rings is 1. The number of halogens is 1. The van der Waals surface area contributed by atoms with Crippen molar-refractivity contribution in [2.24, 2.45) is 7.05 Å². The third-order valence-corrected chi connectivity index (χ3v) is 5.74. The van der Waals surface area contributed by atoms with Crippen LogP contribution in [-0.2, 0) is 7.05 Å². The second-order valence-electron chi connectivity index (χ2n) is 7.98. The highest BCUT2D eigenvalue weighted by Gasteiger charge is 2.21. The van der Waals surface area contributed by atoms with Crippen molar-refractivity contribution >= 4 is 10.9 Å². The van der Waals surface area contributed by atoms with Crippen LogP contribution in [0.3, 0.4) is 0 Å². The fraction of sp³-hybridized carbons (Fsp3) is 0.115. The van der Waals surface area contributed by atoms with Crippen molar-refractivity contribution < 1.29 is 9.13 Å². The second-order valence-corrected chi connectivity index (χ2v) is 7.98.